The van der Waals surface area contributed by atoms with Crippen LogP contribution in [0.4, 0.5) is 5.69 Å². The van der Waals surface area contributed by atoms with Gasteiger partial charge in [0.2, 0.25) is 0 Å². The van der Waals surface area contributed by atoms with Crippen molar-refractivity contribution in [1.29, 1.82) is 0 Å². The number of nitrogens with one attached hydrogen (secondary N) is 1. The molecule has 0 atom stereocenters. The lowest BCUT2D eigenvalue weighted by Gasteiger charge is -2.09. The van der Waals surface area contributed by atoms with Crippen molar-refractivity contribution in [3.05, 3.63) is 48.3 Å². The zero-order valence-electron chi connectivity index (χ0n) is 11.3. The maximum atomic E-state index is 12.1. The van der Waals surface area contributed by atoms with Gasteiger partial charge in [0, 0.05) is 32.1 Å². The number of hydrogen-bond acceptors (Lipinski definition) is 4. The second kappa shape index (κ2) is 4.77. The number of amides is 1. The number of likely N-dealkylation sites (N-methyl/N-ethyl adjacent to an activating group) is 1. The molecular formula is C15H14N4O. The first-order chi connectivity index (χ1) is 9.72. The Morgan fingerprint density at radius 3 is 2.60 bits per heavy atom. The molecule has 0 fully saturated rings. The van der Waals surface area contributed by atoms with Crippen LogP contribution in [0.5, 0.6) is 0 Å². The maximum absolute atomic E-state index is 12.1. The number of aromatic nitrogens is 1. The minimum absolute atomic E-state index is 0.0961. The lowest BCUT2D eigenvalue weighted by atomic mass is 10.0. The van der Waals surface area contributed by atoms with Crippen LogP contribution in [0.1, 0.15) is 5.56 Å². The Labute approximate surface area is 116 Å². The van der Waals surface area contributed by atoms with Gasteiger partial charge >= 0.3 is 0 Å². The second-order valence-electron chi connectivity index (χ2n) is 4.52. The smallest absolute Gasteiger partial charge is 0.279 e. The number of rotatable bonds is 2. The molecular weight excluding hydrogens is 252 g/mol. The van der Waals surface area contributed by atoms with Crippen molar-refractivity contribution in [2.75, 3.05) is 19.0 Å². The molecule has 1 aromatic heterocycles. The van der Waals surface area contributed by atoms with Crippen LogP contribution in [0.3, 0.4) is 0 Å². The number of fused-ring (bicyclic) bond motifs is 1. The summed E-state index contributed by atoms with van der Waals surface area (Å²) in [4.78, 5) is 17.8. The first-order valence-electron chi connectivity index (χ1n) is 6.29. The topological polar surface area (TPSA) is 57.6 Å². The zero-order chi connectivity index (χ0) is 14.1. The van der Waals surface area contributed by atoms with Gasteiger partial charge in [-0.05, 0) is 35.4 Å². The summed E-state index contributed by atoms with van der Waals surface area (Å²) in [6.07, 6.45) is 3.50. The zero-order valence-corrected chi connectivity index (χ0v) is 11.3. The van der Waals surface area contributed by atoms with Crippen molar-refractivity contribution in [3.63, 3.8) is 0 Å². The molecule has 0 saturated heterocycles. The quantitative estimate of drug-likeness (QED) is 0.841. The molecule has 2 heterocycles. The van der Waals surface area contributed by atoms with Gasteiger partial charge in [0.15, 0.2) is 5.71 Å². The average Bonchev–Trinajstić information content (AvgIpc) is 2.73. The molecule has 0 spiro atoms. The van der Waals surface area contributed by atoms with Gasteiger partial charge in [0.05, 0.1) is 5.69 Å². The minimum atomic E-state index is -0.0961. The van der Waals surface area contributed by atoms with E-state index in [4.69, 9.17) is 0 Å². The Morgan fingerprint density at radius 1 is 1.15 bits per heavy atom. The summed E-state index contributed by atoms with van der Waals surface area (Å²) < 4.78 is 0. The number of hydrogen-bond donors (Lipinski definition) is 1. The molecule has 0 aliphatic carbocycles. The molecule has 0 bridgehead atoms. The largest absolute Gasteiger partial charge is 0.312 e. The third-order valence-corrected chi connectivity index (χ3v) is 3.36. The van der Waals surface area contributed by atoms with Gasteiger partial charge in [-0.2, -0.15) is 5.10 Å². The van der Waals surface area contributed by atoms with Gasteiger partial charge in [0.25, 0.3) is 5.91 Å². The van der Waals surface area contributed by atoms with E-state index in [0.29, 0.717) is 5.71 Å². The number of pyridine rings is 1. The predicted molar refractivity (Wildman–Crippen MR) is 78.7 cm³/mol. The van der Waals surface area contributed by atoms with E-state index < -0.39 is 0 Å². The lowest BCUT2D eigenvalue weighted by Crippen LogP contribution is -2.26. The van der Waals surface area contributed by atoms with E-state index in [1.54, 1.807) is 31.4 Å². The molecule has 1 aliphatic rings. The van der Waals surface area contributed by atoms with Crippen molar-refractivity contribution in [2.45, 2.75) is 0 Å². The second-order valence-corrected chi connectivity index (χ2v) is 4.52. The van der Waals surface area contributed by atoms with E-state index in [2.05, 4.69) is 15.5 Å². The van der Waals surface area contributed by atoms with E-state index in [1.807, 2.05) is 30.3 Å². The van der Waals surface area contributed by atoms with Crippen molar-refractivity contribution < 1.29 is 4.79 Å². The Morgan fingerprint density at radius 2 is 1.90 bits per heavy atom. The number of hydrazone groups is 1. The SMILES string of the molecule is CNN=C1C(=O)N(C)c2ccc(-c3ccncc3)cc21. The van der Waals surface area contributed by atoms with Crippen LogP contribution < -0.4 is 10.3 Å². The molecule has 1 aliphatic heterocycles. The van der Waals surface area contributed by atoms with Gasteiger partial charge in [-0.25, -0.2) is 0 Å². The third-order valence-electron chi connectivity index (χ3n) is 3.36. The van der Waals surface area contributed by atoms with Crippen LogP contribution >= 0.6 is 0 Å². The summed E-state index contributed by atoms with van der Waals surface area (Å²) in [5.74, 6) is -0.0961. The van der Waals surface area contributed by atoms with Crippen molar-refractivity contribution in [2.24, 2.45) is 5.10 Å². The number of nitrogens with zero attached hydrogens (tertiary/aromatic N) is 3. The van der Waals surface area contributed by atoms with Gasteiger partial charge in [-0.3, -0.25) is 9.78 Å². The Hall–Kier alpha value is -2.69. The van der Waals surface area contributed by atoms with Crippen LogP contribution in [-0.4, -0.2) is 30.7 Å². The fourth-order valence-electron chi connectivity index (χ4n) is 2.35. The van der Waals surface area contributed by atoms with E-state index in [1.165, 1.54) is 0 Å². The summed E-state index contributed by atoms with van der Waals surface area (Å²) in [7, 11) is 3.44. The fraction of sp³-hybridized carbons (Fsp3) is 0.133. The van der Waals surface area contributed by atoms with Crippen molar-refractivity contribution in [3.8, 4) is 11.1 Å². The van der Waals surface area contributed by atoms with Crippen molar-refractivity contribution >= 4 is 17.3 Å². The molecule has 20 heavy (non-hydrogen) atoms. The van der Waals surface area contributed by atoms with Crippen molar-refractivity contribution in [1.82, 2.24) is 10.4 Å². The molecule has 100 valence electrons. The van der Waals surface area contributed by atoms with Crippen LogP contribution in [0.25, 0.3) is 11.1 Å². The van der Waals surface area contributed by atoms with E-state index in [9.17, 15) is 4.79 Å². The highest BCUT2D eigenvalue weighted by atomic mass is 16.2. The third kappa shape index (κ3) is 1.84. The highest BCUT2D eigenvalue weighted by molar-refractivity contribution is 6.54. The number of carbonyl (C=O) groups is 1. The molecule has 0 saturated carbocycles. The number of benzene rings is 1. The highest BCUT2D eigenvalue weighted by Gasteiger charge is 2.31. The monoisotopic (exact) mass is 266 g/mol. The fourth-order valence-corrected chi connectivity index (χ4v) is 2.35. The highest BCUT2D eigenvalue weighted by Crippen LogP contribution is 2.32. The van der Waals surface area contributed by atoms with Gasteiger partial charge in [-0.1, -0.05) is 6.07 Å². The predicted octanol–water partition coefficient (Wildman–Crippen LogP) is 1.65. The molecule has 0 radical (unpaired) electrons. The standard InChI is InChI=1S/C15H14N4O/c1-16-18-14-12-9-11(10-5-7-17-8-6-10)3-4-13(12)19(2)15(14)20/h3-9,16H,1-2H3. The Balaban J connectivity index is 2.14. The van der Waals surface area contributed by atoms with Crippen LogP contribution in [0.15, 0.2) is 47.8 Å². The van der Waals surface area contributed by atoms with Crippen LogP contribution in [0, 0.1) is 0 Å². The molecule has 1 N–H and O–H groups in total. The summed E-state index contributed by atoms with van der Waals surface area (Å²) in [5.41, 5.74) is 6.96. The van der Waals surface area contributed by atoms with E-state index >= 15 is 0 Å². The van der Waals surface area contributed by atoms with Gasteiger partial charge < -0.3 is 10.3 Å². The van der Waals surface area contributed by atoms with E-state index in [0.717, 1.165) is 22.4 Å². The molecule has 0 unspecified atom stereocenters. The van der Waals surface area contributed by atoms with Crippen LogP contribution in [0.2, 0.25) is 0 Å². The summed E-state index contributed by atoms with van der Waals surface area (Å²) >= 11 is 0. The molecule has 2 aromatic rings. The maximum Gasteiger partial charge on any atom is 0.279 e. The first kappa shape index (κ1) is 12.3. The summed E-state index contributed by atoms with van der Waals surface area (Å²) in [6.45, 7) is 0. The Bertz CT molecular complexity index is 694. The molecule has 1 amide bonds. The van der Waals surface area contributed by atoms with Gasteiger partial charge in [0.1, 0.15) is 0 Å². The molecule has 5 heteroatoms. The number of anilines is 1. The minimum Gasteiger partial charge on any atom is -0.312 e. The average molecular weight is 266 g/mol. The number of carbonyl (C=O) groups excluding carboxylic acids is 1. The molecule has 3 rings (SSSR count). The summed E-state index contributed by atoms with van der Waals surface area (Å²) in [6, 6.07) is 9.82. The Kier molecular flexibility index (Phi) is 2.95. The lowest BCUT2D eigenvalue weighted by molar-refractivity contribution is -0.112. The van der Waals surface area contributed by atoms with Crippen LogP contribution in [-0.2, 0) is 4.79 Å². The molecule has 5 nitrogen and oxygen atoms in total. The first-order valence-corrected chi connectivity index (χ1v) is 6.29. The molecule has 1 aromatic carbocycles. The summed E-state index contributed by atoms with van der Waals surface area (Å²) in [5, 5.41) is 4.09. The van der Waals surface area contributed by atoms with Gasteiger partial charge in [-0.15, -0.1) is 0 Å². The normalized spacial score (nSPS) is 15.6. The van der Waals surface area contributed by atoms with E-state index in [-0.39, 0.29) is 5.91 Å².